The highest BCUT2D eigenvalue weighted by atomic mass is 32.2. The molecule has 0 bridgehead atoms. The third-order valence-corrected chi connectivity index (χ3v) is 6.77. The molecule has 0 saturated heterocycles. The molecule has 0 unspecified atom stereocenters. The Morgan fingerprint density at radius 1 is 1.00 bits per heavy atom. The third-order valence-electron chi connectivity index (χ3n) is 4.71. The number of hydrogen-bond donors (Lipinski definition) is 0. The number of rotatable bonds is 9. The molecule has 3 aromatic carbocycles. The number of amides is 1. The van der Waals surface area contributed by atoms with Crippen LogP contribution in [0.15, 0.2) is 83.8 Å². The molecule has 0 aliphatic rings. The predicted molar refractivity (Wildman–Crippen MR) is 130 cm³/mol. The third kappa shape index (κ3) is 5.46. The number of carbonyl (C=O) groups is 1. The standard InChI is InChI=1S/C25H24N2O2S2/c1-2-29-21-14-9-15-22-24(21)26-25(31-22)27(18-19-10-5-3-6-11-19)23(28)16-17-30-20-12-7-4-8-13-20/h3-15H,2,16-18H2,1H3. The van der Waals surface area contributed by atoms with E-state index in [0.717, 1.165) is 27.3 Å². The molecule has 4 rings (SSSR count). The van der Waals surface area contributed by atoms with Gasteiger partial charge in [0.2, 0.25) is 5.91 Å². The average molecular weight is 449 g/mol. The van der Waals surface area contributed by atoms with Crippen LogP contribution in [0.25, 0.3) is 10.2 Å². The number of benzene rings is 3. The van der Waals surface area contributed by atoms with Gasteiger partial charge in [-0.3, -0.25) is 9.69 Å². The molecule has 6 heteroatoms. The molecule has 1 heterocycles. The first-order valence-corrected chi connectivity index (χ1v) is 12.1. The molecule has 0 radical (unpaired) electrons. The van der Waals surface area contributed by atoms with Gasteiger partial charge in [-0.25, -0.2) is 4.98 Å². The van der Waals surface area contributed by atoms with Crippen molar-refractivity contribution in [3.8, 4) is 5.75 Å². The number of para-hydroxylation sites is 1. The molecule has 4 nitrogen and oxygen atoms in total. The number of ether oxygens (including phenoxy) is 1. The van der Waals surface area contributed by atoms with E-state index in [9.17, 15) is 4.79 Å². The lowest BCUT2D eigenvalue weighted by Gasteiger charge is -2.20. The lowest BCUT2D eigenvalue weighted by Crippen LogP contribution is -2.30. The Balaban J connectivity index is 1.57. The van der Waals surface area contributed by atoms with Crippen LogP contribution in [0.5, 0.6) is 5.75 Å². The van der Waals surface area contributed by atoms with E-state index in [0.29, 0.717) is 24.7 Å². The molecule has 0 spiro atoms. The van der Waals surface area contributed by atoms with Gasteiger partial charge in [0.15, 0.2) is 5.13 Å². The van der Waals surface area contributed by atoms with Crippen molar-refractivity contribution in [1.29, 1.82) is 0 Å². The minimum absolute atomic E-state index is 0.0734. The van der Waals surface area contributed by atoms with Gasteiger partial charge in [-0.15, -0.1) is 11.8 Å². The van der Waals surface area contributed by atoms with Crippen LogP contribution >= 0.6 is 23.1 Å². The van der Waals surface area contributed by atoms with Gasteiger partial charge in [0, 0.05) is 17.1 Å². The van der Waals surface area contributed by atoms with Crippen molar-refractivity contribution in [1.82, 2.24) is 4.98 Å². The van der Waals surface area contributed by atoms with E-state index < -0.39 is 0 Å². The Hall–Kier alpha value is -2.83. The largest absolute Gasteiger partial charge is 0.492 e. The number of fused-ring (bicyclic) bond motifs is 1. The van der Waals surface area contributed by atoms with Crippen molar-refractivity contribution in [3.05, 3.63) is 84.4 Å². The Morgan fingerprint density at radius 2 is 1.74 bits per heavy atom. The number of hydrogen-bond acceptors (Lipinski definition) is 5. The first kappa shape index (κ1) is 21.4. The maximum Gasteiger partial charge on any atom is 0.229 e. The van der Waals surface area contributed by atoms with Crippen LogP contribution in [0.3, 0.4) is 0 Å². The predicted octanol–water partition coefficient (Wildman–Crippen LogP) is 6.41. The van der Waals surface area contributed by atoms with Gasteiger partial charge < -0.3 is 4.74 Å². The molecule has 1 aromatic heterocycles. The van der Waals surface area contributed by atoms with Crippen molar-refractivity contribution in [3.63, 3.8) is 0 Å². The summed E-state index contributed by atoms with van der Waals surface area (Å²) in [5, 5.41) is 0.709. The summed E-state index contributed by atoms with van der Waals surface area (Å²) in [4.78, 5) is 21.1. The van der Waals surface area contributed by atoms with Crippen LogP contribution in [-0.2, 0) is 11.3 Å². The maximum atomic E-state index is 13.3. The fourth-order valence-corrected chi connectivity index (χ4v) is 5.10. The molecule has 0 N–H and O–H groups in total. The first-order chi connectivity index (χ1) is 15.2. The number of thiazole rings is 1. The molecule has 158 valence electrons. The van der Waals surface area contributed by atoms with Crippen LogP contribution in [-0.4, -0.2) is 23.3 Å². The number of aromatic nitrogens is 1. The van der Waals surface area contributed by atoms with Crippen LogP contribution in [0.4, 0.5) is 5.13 Å². The van der Waals surface area contributed by atoms with Gasteiger partial charge in [0.25, 0.3) is 0 Å². The monoisotopic (exact) mass is 448 g/mol. The topological polar surface area (TPSA) is 42.4 Å². The Labute approximate surface area is 190 Å². The van der Waals surface area contributed by atoms with Gasteiger partial charge in [0.1, 0.15) is 11.3 Å². The van der Waals surface area contributed by atoms with Crippen molar-refractivity contribution < 1.29 is 9.53 Å². The van der Waals surface area contributed by atoms with E-state index in [4.69, 9.17) is 9.72 Å². The second kappa shape index (κ2) is 10.5. The van der Waals surface area contributed by atoms with E-state index in [1.807, 2.05) is 73.7 Å². The highest BCUT2D eigenvalue weighted by molar-refractivity contribution is 7.99. The summed E-state index contributed by atoms with van der Waals surface area (Å²) in [6, 6.07) is 26.1. The zero-order chi connectivity index (χ0) is 21.5. The molecule has 0 aliphatic heterocycles. The van der Waals surface area contributed by atoms with Crippen molar-refractivity contribution in [2.45, 2.75) is 24.8 Å². The van der Waals surface area contributed by atoms with E-state index in [1.165, 1.54) is 16.2 Å². The minimum atomic E-state index is 0.0734. The fourth-order valence-electron chi connectivity index (χ4n) is 3.24. The molecular formula is C25H24N2O2S2. The second-order valence-corrected chi connectivity index (χ2v) is 9.09. The van der Waals surface area contributed by atoms with Gasteiger partial charge in [-0.1, -0.05) is 65.9 Å². The number of anilines is 1. The van der Waals surface area contributed by atoms with Gasteiger partial charge in [-0.05, 0) is 36.8 Å². The van der Waals surface area contributed by atoms with Gasteiger partial charge in [-0.2, -0.15) is 0 Å². The lowest BCUT2D eigenvalue weighted by molar-refractivity contribution is -0.118. The Morgan fingerprint density at radius 3 is 2.48 bits per heavy atom. The van der Waals surface area contributed by atoms with Crippen molar-refractivity contribution in [2.75, 3.05) is 17.3 Å². The summed E-state index contributed by atoms with van der Waals surface area (Å²) >= 11 is 3.23. The number of nitrogens with zero attached hydrogens (tertiary/aromatic N) is 2. The quantitative estimate of drug-likeness (QED) is 0.277. The molecule has 0 fully saturated rings. The van der Waals surface area contributed by atoms with E-state index in [1.54, 1.807) is 16.7 Å². The number of thioether (sulfide) groups is 1. The van der Waals surface area contributed by atoms with Gasteiger partial charge in [0.05, 0.1) is 17.9 Å². The van der Waals surface area contributed by atoms with Crippen LogP contribution in [0, 0.1) is 0 Å². The minimum Gasteiger partial charge on any atom is -0.492 e. The number of carbonyl (C=O) groups excluding carboxylic acids is 1. The maximum absolute atomic E-state index is 13.3. The molecular weight excluding hydrogens is 424 g/mol. The smallest absolute Gasteiger partial charge is 0.229 e. The lowest BCUT2D eigenvalue weighted by atomic mass is 10.2. The summed E-state index contributed by atoms with van der Waals surface area (Å²) in [5.74, 6) is 1.56. The molecule has 0 aliphatic carbocycles. The SMILES string of the molecule is CCOc1cccc2sc(N(Cc3ccccc3)C(=O)CCSc3ccccc3)nc12. The zero-order valence-corrected chi connectivity index (χ0v) is 19.0. The first-order valence-electron chi connectivity index (χ1n) is 10.3. The normalized spacial score (nSPS) is 10.9. The Bertz CT molecular complexity index is 1130. The average Bonchev–Trinajstić information content (AvgIpc) is 3.24. The van der Waals surface area contributed by atoms with Crippen molar-refractivity contribution >= 4 is 44.4 Å². The summed E-state index contributed by atoms with van der Waals surface area (Å²) in [6.07, 6.45) is 0.445. The van der Waals surface area contributed by atoms with Crippen molar-refractivity contribution in [2.24, 2.45) is 0 Å². The molecule has 1 amide bonds. The second-order valence-electron chi connectivity index (χ2n) is 6.91. The molecule has 4 aromatic rings. The fraction of sp³-hybridized carbons (Fsp3) is 0.200. The van der Waals surface area contributed by atoms with Gasteiger partial charge >= 0.3 is 0 Å². The Kier molecular flexibility index (Phi) is 7.22. The van der Waals surface area contributed by atoms with E-state index in [-0.39, 0.29) is 5.91 Å². The molecule has 31 heavy (non-hydrogen) atoms. The van der Waals surface area contributed by atoms with Crippen LogP contribution < -0.4 is 9.64 Å². The molecule has 0 atom stereocenters. The summed E-state index contributed by atoms with van der Waals surface area (Å²) < 4.78 is 6.76. The summed E-state index contributed by atoms with van der Waals surface area (Å²) in [7, 11) is 0. The van der Waals surface area contributed by atoms with Crippen LogP contribution in [0.1, 0.15) is 18.9 Å². The molecule has 0 saturated carbocycles. The highest BCUT2D eigenvalue weighted by Crippen LogP contribution is 2.35. The zero-order valence-electron chi connectivity index (χ0n) is 17.4. The van der Waals surface area contributed by atoms with E-state index >= 15 is 0 Å². The summed E-state index contributed by atoms with van der Waals surface area (Å²) in [5.41, 5.74) is 1.89. The van der Waals surface area contributed by atoms with E-state index in [2.05, 4.69) is 12.1 Å². The highest BCUT2D eigenvalue weighted by Gasteiger charge is 2.21. The summed E-state index contributed by atoms with van der Waals surface area (Å²) in [6.45, 7) is 3.04. The van der Waals surface area contributed by atoms with Crippen LogP contribution in [0.2, 0.25) is 0 Å².